The van der Waals surface area contributed by atoms with Gasteiger partial charge in [-0.25, -0.2) is 0 Å². The van der Waals surface area contributed by atoms with Gasteiger partial charge in [-0.2, -0.15) is 0 Å². The maximum Gasteiger partial charge on any atom is 0.267 e. The molecular weight excluding hydrogens is 280 g/mol. The third-order valence-electron chi connectivity index (χ3n) is 4.00. The van der Waals surface area contributed by atoms with E-state index < -0.39 is 5.79 Å². The van der Waals surface area contributed by atoms with E-state index in [9.17, 15) is 4.79 Å². The zero-order chi connectivity index (χ0) is 15.6. The minimum absolute atomic E-state index is 0.0820. The number of nitrogens with one attached hydrogen (secondary N) is 2. The molecule has 1 atom stereocenters. The first kappa shape index (κ1) is 15.1. The number of rotatable bonds is 5. The first-order chi connectivity index (χ1) is 10.6. The van der Waals surface area contributed by atoms with Crippen LogP contribution in [0.1, 0.15) is 30.8 Å². The molecule has 2 aromatic rings. The SMILES string of the molecule is C[C@@H](CNC(=O)c1cc2ccccc2[nH]1)CC1(C)OCCO1. The van der Waals surface area contributed by atoms with Gasteiger partial charge in [-0.05, 0) is 25.0 Å². The molecule has 3 rings (SSSR count). The minimum atomic E-state index is -0.509. The highest BCUT2D eigenvalue weighted by Gasteiger charge is 2.32. The summed E-state index contributed by atoms with van der Waals surface area (Å²) >= 11 is 0. The van der Waals surface area contributed by atoms with Gasteiger partial charge in [0.1, 0.15) is 5.69 Å². The number of hydrogen-bond donors (Lipinski definition) is 2. The van der Waals surface area contributed by atoms with Crippen LogP contribution in [-0.4, -0.2) is 36.4 Å². The summed E-state index contributed by atoms with van der Waals surface area (Å²) in [6.07, 6.45) is 0.764. The highest BCUT2D eigenvalue weighted by molar-refractivity contribution is 5.97. The first-order valence-corrected chi connectivity index (χ1v) is 7.70. The maximum atomic E-state index is 12.2. The topological polar surface area (TPSA) is 63.4 Å². The number of ether oxygens (including phenoxy) is 2. The van der Waals surface area contributed by atoms with Crippen LogP contribution in [0.25, 0.3) is 10.9 Å². The van der Waals surface area contributed by atoms with Crippen molar-refractivity contribution in [1.82, 2.24) is 10.3 Å². The van der Waals surface area contributed by atoms with Crippen molar-refractivity contribution in [3.05, 3.63) is 36.0 Å². The molecule has 5 nitrogen and oxygen atoms in total. The van der Waals surface area contributed by atoms with E-state index in [-0.39, 0.29) is 11.8 Å². The third-order valence-corrected chi connectivity index (χ3v) is 4.00. The monoisotopic (exact) mass is 302 g/mol. The predicted octanol–water partition coefficient (Wildman–Crippen LogP) is 2.69. The predicted molar refractivity (Wildman–Crippen MR) is 84.7 cm³/mol. The molecule has 22 heavy (non-hydrogen) atoms. The molecule has 1 aliphatic rings. The van der Waals surface area contributed by atoms with Gasteiger partial charge in [-0.15, -0.1) is 0 Å². The van der Waals surface area contributed by atoms with Crippen molar-refractivity contribution >= 4 is 16.8 Å². The van der Waals surface area contributed by atoms with Gasteiger partial charge in [0.15, 0.2) is 5.79 Å². The molecule has 1 aliphatic heterocycles. The van der Waals surface area contributed by atoms with Gasteiger partial charge in [0.05, 0.1) is 13.2 Å². The van der Waals surface area contributed by atoms with Crippen LogP contribution in [0.3, 0.4) is 0 Å². The molecule has 0 saturated carbocycles. The molecule has 0 spiro atoms. The summed E-state index contributed by atoms with van der Waals surface area (Å²) in [5.74, 6) is -0.316. The lowest BCUT2D eigenvalue weighted by molar-refractivity contribution is -0.153. The van der Waals surface area contributed by atoms with Gasteiger partial charge in [0.2, 0.25) is 0 Å². The maximum absolute atomic E-state index is 12.2. The van der Waals surface area contributed by atoms with E-state index in [0.29, 0.717) is 25.5 Å². The van der Waals surface area contributed by atoms with Crippen LogP contribution in [0.4, 0.5) is 0 Å². The lowest BCUT2D eigenvalue weighted by Gasteiger charge is -2.25. The highest BCUT2D eigenvalue weighted by atomic mass is 16.7. The van der Waals surface area contributed by atoms with Crippen molar-refractivity contribution in [2.24, 2.45) is 5.92 Å². The quantitative estimate of drug-likeness (QED) is 0.892. The van der Waals surface area contributed by atoms with Crippen molar-refractivity contribution < 1.29 is 14.3 Å². The normalized spacial score (nSPS) is 18.5. The standard InChI is InChI=1S/C17H22N2O3/c1-12(10-17(2)21-7-8-22-17)11-18-16(20)15-9-13-5-3-4-6-14(13)19-15/h3-6,9,12,19H,7-8,10-11H2,1-2H3,(H,18,20)/t12-/m1/s1. The van der Waals surface area contributed by atoms with Crippen molar-refractivity contribution in [3.8, 4) is 0 Å². The number of amides is 1. The molecule has 0 bridgehead atoms. The largest absolute Gasteiger partial charge is 0.351 e. The molecule has 1 aromatic heterocycles. The van der Waals surface area contributed by atoms with Gasteiger partial charge in [0, 0.05) is 23.9 Å². The molecule has 0 radical (unpaired) electrons. The summed E-state index contributed by atoms with van der Waals surface area (Å²) in [6.45, 7) is 5.92. The Morgan fingerprint density at radius 2 is 2.09 bits per heavy atom. The number of para-hydroxylation sites is 1. The number of hydrogen-bond acceptors (Lipinski definition) is 3. The molecule has 1 saturated heterocycles. The summed E-state index contributed by atoms with van der Waals surface area (Å²) in [5.41, 5.74) is 1.56. The molecule has 2 heterocycles. The number of carbonyl (C=O) groups excluding carboxylic acids is 1. The summed E-state index contributed by atoms with van der Waals surface area (Å²) < 4.78 is 11.2. The van der Waals surface area contributed by atoms with Gasteiger partial charge in [-0.3, -0.25) is 4.79 Å². The van der Waals surface area contributed by atoms with Crippen molar-refractivity contribution in [1.29, 1.82) is 0 Å². The third kappa shape index (κ3) is 3.31. The lowest BCUT2D eigenvalue weighted by atomic mass is 10.0. The molecule has 2 N–H and O–H groups in total. The molecule has 1 aromatic carbocycles. The Morgan fingerprint density at radius 1 is 1.36 bits per heavy atom. The molecule has 5 heteroatoms. The van der Waals surface area contributed by atoms with E-state index in [1.54, 1.807) is 0 Å². The van der Waals surface area contributed by atoms with E-state index >= 15 is 0 Å². The molecule has 1 amide bonds. The Labute approximate surface area is 130 Å². The van der Waals surface area contributed by atoms with Crippen molar-refractivity contribution in [3.63, 3.8) is 0 Å². The average Bonchev–Trinajstić information content (AvgIpc) is 3.10. The van der Waals surface area contributed by atoms with E-state index in [0.717, 1.165) is 17.3 Å². The van der Waals surface area contributed by atoms with Crippen LogP contribution < -0.4 is 5.32 Å². The van der Waals surface area contributed by atoms with Crippen LogP contribution in [0.15, 0.2) is 30.3 Å². The van der Waals surface area contributed by atoms with Crippen molar-refractivity contribution in [2.45, 2.75) is 26.1 Å². The second-order valence-electron chi connectivity index (χ2n) is 6.12. The molecule has 1 fully saturated rings. The zero-order valence-corrected chi connectivity index (χ0v) is 13.0. The van der Waals surface area contributed by atoms with E-state index in [2.05, 4.69) is 17.2 Å². The van der Waals surface area contributed by atoms with Crippen LogP contribution in [0.5, 0.6) is 0 Å². The fraction of sp³-hybridized carbons (Fsp3) is 0.471. The second kappa shape index (κ2) is 6.10. The lowest BCUT2D eigenvalue weighted by Crippen LogP contribution is -2.34. The average molecular weight is 302 g/mol. The minimum Gasteiger partial charge on any atom is -0.351 e. The number of aromatic nitrogens is 1. The van der Waals surface area contributed by atoms with E-state index in [4.69, 9.17) is 9.47 Å². The fourth-order valence-corrected chi connectivity index (χ4v) is 2.94. The number of fused-ring (bicyclic) bond motifs is 1. The Hall–Kier alpha value is -1.85. The Morgan fingerprint density at radius 3 is 2.82 bits per heavy atom. The molecule has 0 aliphatic carbocycles. The smallest absolute Gasteiger partial charge is 0.267 e. The zero-order valence-electron chi connectivity index (χ0n) is 13.0. The fourth-order valence-electron chi connectivity index (χ4n) is 2.94. The number of carbonyl (C=O) groups is 1. The number of H-pyrrole nitrogens is 1. The van der Waals surface area contributed by atoms with Gasteiger partial charge in [0.25, 0.3) is 5.91 Å². The summed E-state index contributed by atoms with van der Waals surface area (Å²) in [6, 6.07) is 9.73. The van der Waals surface area contributed by atoms with Gasteiger partial charge in [-0.1, -0.05) is 25.1 Å². The number of aromatic amines is 1. The van der Waals surface area contributed by atoms with Crippen LogP contribution in [0.2, 0.25) is 0 Å². The van der Waals surface area contributed by atoms with E-state index in [1.807, 2.05) is 37.3 Å². The summed E-state index contributed by atoms with van der Waals surface area (Å²) in [5, 5.41) is 4.01. The first-order valence-electron chi connectivity index (χ1n) is 7.70. The van der Waals surface area contributed by atoms with Crippen LogP contribution >= 0.6 is 0 Å². The number of benzene rings is 1. The van der Waals surface area contributed by atoms with E-state index in [1.165, 1.54) is 0 Å². The second-order valence-corrected chi connectivity index (χ2v) is 6.12. The molecule has 118 valence electrons. The molecule has 0 unspecified atom stereocenters. The van der Waals surface area contributed by atoms with Crippen LogP contribution in [0, 0.1) is 5.92 Å². The van der Waals surface area contributed by atoms with Crippen LogP contribution in [-0.2, 0) is 9.47 Å². The van der Waals surface area contributed by atoms with Crippen molar-refractivity contribution in [2.75, 3.05) is 19.8 Å². The Kier molecular flexibility index (Phi) is 4.18. The summed E-state index contributed by atoms with van der Waals surface area (Å²) in [7, 11) is 0. The highest BCUT2D eigenvalue weighted by Crippen LogP contribution is 2.26. The Bertz CT molecular complexity index is 626. The molecular formula is C17H22N2O3. The van der Waals surface area contributed by atoms with Gasteiger partial charge >= 0.3 is 0 Å². The van der Waals surface area contributed by atoms with Gasteiger partial charge < -0.3 is 19.8 Å². The Balaban J connectivity index is 1.55. The summed E-state index contributed by atoms with van der Waals surface area (Å²) in [4.78, 5) is 15.4.